The lowest BCUT2D eigenvalue weighted by Crippen LogP contribution is -2.39. The Balaban J connectivity index is 2.14. The molecule has 192 valence electrons. The van der Waals surface area contributed by atoms with Crippen LogP contribution in [0.3, 0.4) is 0 Å². The van der Waals surface area contributed by atoms with Gasteiger partial charge >= 0.3 is 6.09 Å². The van der Waals surface area contributed by atoms with E-state index in [1.54, 1.807) is 13.2 Å². The fraction of sp³-hybridized carbons (Fsp3) is 0.556. The first-order chi connectivity index (χ1) is 16.6. The van der Waals surface area contributed by atoms with Gasteiger partial charge in [0.05, 0.1) is 31.0 Å². The number of nitrogens with zero attached hydrogens (tertiary/aromatic N) is 3. The van der Waals surface area contributed by atoms with Crippen molar-refractivity contribution in [2.24, 2.45) is 5.41 Å². The standard InChI is InChI=1S/C27H40N4O3S/c1-7-24(19(2)14-21(4)34-6)30(26(32)33)12-8-10-27(5,11-9-13-35)18-31-20(3)15-22(17-28)16-23-25(31)29-23/h7,14-16,23,25,29,35H,4,8-13,18H2,1-3,5-6H3,(H,32,33)/b19-14-,24-7+. The van der Waals surface area contributed by atoms with Gasteiger partial charge in [-0.1, -0.05) is 19.6 Å². The fourth-order valence-electron chi connectivity index (χ4n) is 4.78. The Kier molecular flexibility index (Phi) is 10.5. The van der Waals surface area contributed by atoms with Crippen LogP contribution in [0.5, 0.6) is 0 Å². The molecule has 35 heavy (non-hydrogen) atoms. The molecule has 0 radical (unpaired) electrons. The summed E-state index contributed by atoms with van der Waals surface area (Å²) < 4.78 is 5.13. The second kappa shape index (κ2) is 12.9. The summed E-state index contributed by atoms with van der Waals surface area (Å²) in [6, 6.07) is 2.47. The Morgan fingerprint density at radius 3 is 2.71 bits per heavy atom. The van der Waals surface area contributed by atoms with Crippen LogP contribution in [0.1, 0.15) is 53.4 Å². The van der Waals surface area contributed by atoms with Crippen LogP contribution in [0.15, 0.2) is 59.2 Å². The van der Waals surface area contributed by atoms with Gasteiger partial charge in [-0.05, 0) is 81.4 Å². The molecule has 3 atom stereocenters. The number of allylic oxidation sites excluding steroid dienone is 6. The van der Waals surface area contributed by atoms with Crippen molar-refractivity contribution in [3.8, 4) is 6.07 Å². The van der Waals surface area contributed by atoms with E-state index in [1.165, 1.54) is 4.90 Å². The zero-order valence-corrected chi connectivity index (χ0v) is 22.6. The molecular weight excluding hydrogens is 460 g/mol. The minimum Gasteiger partial charge on any atom is -0.497 e. The van der Waals surface area contributed by atoms with Gasteiger partial charge in [-0.15, -0.1) is 0 Å². The average Bonchev–Trinajstić information content (AvgIpc) is 3.59. The van der Waals surface area contributed by atoms with Crippen LogP contribution in [-0.2, 0) is 4.74 Å². The lowest BCUT2D eigenvalue weighted by Gasteiger charge is -2.38. The second-order valence-electron chi connectivity index (χ2n) is 9.63. The molecule has 0 aromatic rings. The molecule has 2 rings (SSSR count). The maximum Gasteiger partial charge on any atom is 0.411 e. The number of hydrogen-bond acceptors (Lipinski definition) is 6. The van der Waals surface area contributed by atoms with E-state index in [4.69, 9.17) is 4.74 Å². The summed E-state index contributed by atoms with van der Waals surface area (Å²) in [5, 5.41) is 22.8. The van der Waals surface area contributed by atoms with Crippen molar-refractivity contribution < 1.29 is 14.6 Å². The quantitative estimate of drug-likeness (QED) is 0.135. The van der Waals surface area contributed by atoms with Crippen LogP contribution in [0.4, 0.5) is 4.79 Å². The molecular formula is C27H40N4O3S. The summed E-state index contributed by atoms with van der Waals surface area (Å²) in [4.78, 5) is 15.9. The summed E-state index contributed by atoms with van der Waals surface area (Å²) >= 11 is 4.43. The van der Waals surface area contributed by atoms with E-state index in [9.17, 15) is 15.2 Å². The zero-order chi connectivity index (χ0) is 26.2. The minimum absolute atomic E-state index is 0.0285. The number of rotatable bonds is 13. The van der Waals surface area contributed by atoms with Crippen LogP contribution in [0.2, 0.25) is 0 Å². The molecule has 2 aliphatic rings. The molecule has 1 fully saturated rings. The number of amides is 1. The lowest BCUT2D eigenvalue weighted by atomic mass is 9.80. The number of fused-ring (bicyclic) bond motifs is 1. The zero-order valence-electron chi connectivity index (χ0n) is 21.7. The number of carboxylic acid groups (broad SMARTS) is 1. The molecule has 0 spiro atoms. The number of carbonyl (C=O) groups is 1. The molecule has 0 saturated carbocycles. The predicted octanol–water partition coefficient (Wildman–Crippen LogP) is 5.44. The molecule has 2 heterocycles. The summed E-state index contributed by atoms with van der Waals surface area (Å²) in [5.41, 5.74) is 3.17. The maximum atomic E-state index is 12.1. The van der Waals surface area contributed by atoms with Crippen LogP contribution < -0.4 is 5.32 Å². The molecule has 0 aromatic carbocycles. The Bertz CT molecular complexity index is 962. The van der Waals surface area contributed by atoms with E-state index in [2.05, 4.69) is 49.3 Å². The van der Waals surface area contributed by atoms with Crippen molar-refractivity contribution in [3.63, 3.8) is 0 Å². The van der Waals surface area contributed by atoms with E-state index in [1.807, 2.05) is 32.1 Å². The maximum absolute atomic E-state index is 12.1. The van der Waals surface area contributed by atoms with Gasteiger partial charge in [-0.2, -0.15) is 17.9 Å². The minimum atomic E-state index is -0.975. The number of hydrogen-bond donors (Lipinski definition) is 3. The van der Waals surface area contributed by atoms with E-state index >= 15 is 0 Å². The summed E-state index contributed by atoms with van der Waals surface area (Å²) in [6.07, 6.45) is 10.3. The van der Waals surface area contributed by atoms with Crippen LogP contribution in [0, 0.1) is 16.7 Å². The van der Waals surface area contributed by atoms with Gasteiger partial charge in [0, 0.05) is 24.5 Å². The molecule has 8 heteroatoms. The van der Waals surface area contributed by atoms with E-state index in [0.29, 0.717) is 23.6 Å². The summed E-state index contributed by atoms with van der Waals surface area (Å²) in [5.74, 6) is 1.29. The first-order valence-electron chi connectivity index (χ1n) is 12.1. The van der Waals surface area contributed by atoms with Gasteiger partial charge < -0.3 is 14.7 Å². The molecule has 0 aliphatic carbocycles. The van der Waals surface area contributed by atoms with Crippen molar-refractivity contribution in [3.05, 3.63) is 59.2 Å². The number of ether oxygens (including phenoxy) is 1. The van der Waals surface area contributed by atoms with E-state index in [-0.39, 0.29) is 17.6 Å². The molecule has 1 amide bonds. The first-order valence-corrected chi connectivity index (χ1v) is 12.7. The highest BCUT2D eigenvalue weighted by Gasteiger charge is 2.43. The highest BCUT2D eigenvalue weighted by atomic mass is 32.1. The molecule has 0 aromatic heterocycles. The second-order valence-corrected chi connectivity index (χ2v) is 10.1. The van der Waals surface area contributed by atoms with Crippen molar-refractivity contribution in [1.82, 2.24) is 15.1 Å². The van der Waals surface area contributed by atoms with Crippen LogP contribution in [0.25, 0.3) is 0 Å². The third-order valence-corrected chi connectivity index (χ3v) is 7.04. The molecule has 0 bridgehead atoms. The molecule has 3 unspecified atom stereocenters. The van der Waals surface area contributed by atoms with Gasteiger partial charge in [0.15, 0.2) is 0 Å². The summed E-state index contributed by atoms with van der Waals surface area (Å²) in [7, 11) is 1.54. The average molecular weight is 501 g/mol. The molecule has 7 nitrogen and oxygen atoms in total. The highest BCUT2D eigenvalue weighted by molar-refractivity contribution is 7.80. The predicted molar refractivity (Wildman–Crippen MR) is 144 cm³/mol. The number of thiol groups is 1. The Labute approximate surface area is 215 Å². The normalized spacial score (nSPS) is 21.6. The van der Waals surface area contributed by atoms with Gasteiger partial charge in [0.1, 0.15) is 5.76 Å². The third-order valence-electron chi connectivity index (χ3n) is 6.73. The van der Waals surface area contributed by atoms with Gasteiger partial charge in [-0.25, -0.2) is 4.79 Å². The van der Waals surface area contributed by atoms with E-state index < -0.39 is 6.09 Å². The summed E-state index contributed by atoms with van der Waals surface area (Å²) in [6.45, 7) is 13.1. The van der Waals surface area contributed by atoms with Crippen molar-refractivity contribution in [2.45, 2.75) is 65.6 Å². The Morgan fingerprint density at radius 2 is 2.14 bits per heavy atom. The van der Waals surface area contributed by atoms with Crippen molar-refractivity contribution >= 4 is 18.7 Å². The fourth-order valence-corrected chi connectivity index (χ4v) is 4.94. The number of nitriles is 1. The Morgan fingerprint density at radius 1 is 1.46 bits per heavy atom. The molecule has 2 aliphatic heterocycles. The number of methoxy groups -OCH3 is 1. The van der Waals surface area contributed by atoms with E-state index in [0.717, 1.165) is 49.3 Å². The van der Waals surface area contributed by atoms with Crippen LogP contribution in [-0.4, -0.2) is 59.2 Å². The lowest BCUT2D eigenvalue weighted by molar-refractivity contribution is 0.143. The van der Waals surface area contributed by atoms with Gasteiger partial charge in [0.2, 0.25) is 0 Å². The SMILES string of the molecule is C=C(/C=C(C)\C(=C/C)N(CCCC(C)(CCCS)CN1C(C)=CC(C#N)=CC2NC21)C(=O)O)OC. The highest BCUT2D eigenvalue weighted by Crippen LogP contribution is 2.36. The topological polar surface area (TPSA) is 98.7 Å². The first kappa shape index (κ1) is 28.6. The van der Waals surface area contributed by atoms with Crippen molar-refractivity contribution in [1.29, 1.82) is 5.26 Å². The number of nitrogens with one attached hydrogen (secondary N) is 1. The smallest absolute Gasteiger partial charge is 0.411 e. The third kappa shape index (κ3) is 7.94. The van der Waals surface area contributed by atoms with Gasteiger partial charge in [-0.3, -0.25) is 10.2 Å². The molecule has 2 N–H and O–H groups in total. The van der Waals surface area contributed by atoms with Gasteiger partial charge in [0.25, 0.3) is 0 Å². The Hall–Kier alpha value is -2.63. The van der Waals surface area contributed by atoms with Crippen molar-refractivity contribution in [2.75, 3.05) is 26.0 Å². The molecule has 1 saturated heterocycles. The van der Waals surface area contributed by atoms with Crippen LogP contribution >= 0.6 is 12.6 Å². The monoisotopic (exact) mass is 500 g/mol. The largest absolute Gasteiger partial charge is 0.497 e.